The van der Waals surface area contributed by atoms with Crippen molar-refractivity contribution in [2.24, 2.45) is 11.8 Å². The number of halogens is 1. The molecule has 4 rings (SSSR count). The quantitative estimate of drug-likeness (QED) is 0.551. The van der Waals surface area contributed by atoms with Crippen molar-refractivity contribution in [3.8, 4) is 11.5 Å². The lowest BCUT2D eigenvalue weighted by Gasteiger charge is -2.36. The van der Waals surface area contributed by atoms with Crippen LogP contribution in [0.25, 0.3) is 0 Å². The van der Waals surface area contributed by atoms with Gasteiger partial charge in [0.25, 0.3) is 0 Å². The predicted octanol–water partition coefficient (Wildman–Crippen LogP) is 3.21. The zero-order valence-electron chi connectivity index (χ0n) is 20.8. The lowest BCUT2D eigenvalue weighted by molar-refractivity contribution is -0.130. The van der Waals surface area contributed by atoms with Crippen LogP contribution in [-0.4, -0.2) is 63.3 Å². The zero-order chi connectivity index (χ0) is 25.5. The molecule has 0 aromatic heterocycles. The molecule has 0 radical (unpaired) electrons. The molecule has 2 aliphatic heterocycles. The SMILES string of the molecule is COc1ccc(CN2C[C@@H](C(=O)NC[C@@H]3CCCO3)C[C@@H](C(=O)Nc3ccc(F)cc3)C2)cc1OC. The van der Waals surface area contributed by atoms with Crippen LogP contribution in [0.1, 0.15) is 24.8 Å². The van der Waals surface area contributed by atoms with E-state index in [-0.39, 0.29) is 29.7 Å². The van der Waals surface area contributed by atoms with Crippen LogP contribution >= 0.6 is 0 Å². The molecule has 0 saturated carbocycles. The van der Waals surface area contributed by atoms with Gasteiger partial charge in [0.05, 0.1) is 32.2 Å². The smallest absolute Gasteiger partial charge is 0.228 e. The van der Waals surface area contributed by atoms with E-state index in [2.05, 4.69) is 15.5 Å². The fraction of sp³-hybridized carbons (Fsp3) is 0.481. The Balaban J connectivity index is 1.46. The van der Waals surface area contributed by atoms with E-state index in [1.807, 2.05) is 18.2 Å². The molecule has 0 spiro atoms. The predicted molar refractivity (Wildman–Crippen MR) is 133 cm³/mol. The highest BCUT2D eigenvalue weighted by Gasteiger charge is 2.35. The van der Waals surface area contributed by atoms with E-state index >= 15 is 0 Å². The molecule has 2 N–H and O–H groups in total. The summed E-state index contributed by atoms with van der Waals surface area (Å²) in [6.07, 6.45) is 2.44. The summed E-state index contributed by atoms with van der Waals surface area (Å²) in [5, 5.41) is 5.90. The van der Waals surface area contributed by atoms with Gasteiger partial charge in [-0.05, 0) is 61.2 Å². The maximum absolute atomic E-state index is 13.3. The zero-order valence-corrected chi connectivity index (χ0v) is 20.8. The maximum atomic E-state index is 13.3. The molecule has 2 aromatic carbocycles. The number of methoxy groups -OCH3 is 2. The number of carbonyl (C=O) groups excluding carboxylic acids is 2. The number of nitrogens with zero attached hydrogens (tertiary/aromatic N) is 1. The van der Waals surface area contributed by atoms with Crippen LogP contribution in [0, 0.1) is 17.7 Å². The minimum absolute atomic E-state index is 0.0537. The van der Waals surface area contributed by atoms with Crippen molar-refractivity contribution in [3.63, 3.8) is 0 Å². The van der Waals surface area contributed by atoms with Gasteiger partial charge in [-0.2, -0.15) is 0 Å². The Labute approximate surface area is 211 Å². The van der Waals surface area contributed by atoms with Crippen molar-refractivity contribution in [2.45, 2.75) is 31.9 Å². The van der Waals surface area contributed by atoms with Gasteiger partial charge in [-0.1, -0.05) is 6.07 Å². The summed E-state index contributed by atoms with van der Waals surface area (Å²) in [6.45, 7) is 2.80. The monoisotopic (exact) mass is 499 g/mol. The van der Waals surface area contributed by atoms with Gasteiger partial charge in [-0.3, -0.25) is 14.5 Å². The molecule has 2 aliphatic rings. The van der Waals surface area contributed by atoms with Crippen LogP contribution in [0.3, 0.4) is 0 Å². The first-order valence-corrected chi connectivity index (χ1v) is 12.3. The number of rotatable bonds is 9. The lowest BCUT2D eigenvalue weighted by Crippen LogP contribution is -2.49. The van der Waals surface area contributed by atoms with Crippen LogP contribution < -0.4 is 20.1 Å². The summed E-state index contributed by atoms with van der Waals surface area (Å²) < 4.78 is 29.7. The second kappa shape index (κ2) is 12.2. The summed E-state index contributed by atoms with van der Waals surface area (Å²) in [5.41, 5.74) is 1.52. The van der Waals surface area contributed by atoms with Gasteiger partial charge in [0, 0.05) is 38.5 Å². The molecule has 36 heavy (non-hydrogen) atoms. The summed E-state index contributed by atoms with van der Waals surface area (Å²) in [7, 11) is 3.18. The average Bonchev–Trinajstić information content (AvgIpc) is 3.42. The molecule has 2 amide bonds. The first-order chi connectivity index (χ1) is 17.4. The molecule has 194 valence electrons. The molecule has 8 nitrogen and oxygen atoms in total. The normalized spacial score (nSPS) is 22.1. The number of nitrogens with one attached hydrogen (secondary N) is 2. The molecule has 0 aliphatic carbocycles. The minimum Gasteiger partial charge on any atom is -0.493 e. The first kappa shape index (κ1) is 25.9. The summed E-state index contributed by atoms with van der Waals surface area (Å²) in [4.78, 5) is 28.4. The number of piperidine rings is 1. The fourth-order valence-electron chi connectivity index (χ4n) is 4.88. The van der Waals surface area contributed by atoms with Gasteiger partial charge in [0.15, 0.2) is 11.5 Å². The van der Waals surface area contributed by atoms with Crippen LogP contribution in [0.5, 0.6) is 11.5 Å². The number of benzene rings is 2. The van der Waals surface area contributed by atoms with Gasteiger partial charge < -0.3 is 24.8 Å². The van der Waals surface area contributed by atoms with E-state index in [0.29, 0.717) is 49.8 Å². The summed E-state index contributed by atoms with van der Waals surface area (Å²) in [5.74, 6) is -0.0922. The van der Waals surface area contributed by atoms with Crippen LogP contribution in [-0.2, 0) is 20.9 Å². The maximum Gasteiger partial charge on any atom is 0.228 e. The number of anilines is 1. The Bertz CT molecular complexity index is 1040. The standard InChI is InChI=1S/C27H34FN3O5/c1-34-24-10-5-18(12-25(24)35-2)15-31-16-19(26(32)29-14-23-4-3-11-36-23)13-20(17-31)27(33)30-22-8-6-21(28)7-9-22/h5-10,12,19-20,23H,3-4,11,13-17H2,1-2H3,(H,29,32)(H,30,33)/t19-,20+,23-/m0/s1. The average molecular weight is 500 g/mol. The lowest BCUT2D eigenvalue weighted by atomic mass is 9.87. The highest BCUT2D eigenvalue weighted by atomic mass is 19.1. The van der Waals surface area contributed by atoms with Gasteiger partial charge in [0.1, 0.15) is 5.82 Å². The summed E-state index contributed by atoms with van der Waals surface area (Å²) >= 11 is 0. The number of hydrogen-bond donors (Lipinski definition) is 2. The third kappa shape index (κ3) is 6.73. The molecule has 2 heterocycles. The van der Waals surface area contributed by atoms with E-state index in [1.54, 1.807) is 14.2 Å². The molecule has 2 aromatic rings. The first-order valence-electron chi connectivity index (χ1n) is 12.3. The molecule has 0 unspecified atom stereocenters. The third-order valence-electron chi connectivity index (χ3n) is 6.76. The number of hydrogen-bond acceptors (Lipinski definition) is 6. The summed E-state index contributed by atoms with van der Waals surface area (Å²) in [6, 6.07) is 11.4. The molecule has 0 bridgehead atoms. The Morgan fingerprint density at radius 2 is 1.75 bits per heavy atom. The molecule has 2 saturated heterocycles. The van der Waals surface area contributed by atoms with Gasteiger partial charge >= 0.3 is 0 Å². The van der Waals surface area contributed by atoms with Crippen LogP contribution in [0.15, 0.2) is 42.5 Å². The number of carbonyl (C=O) groups is 2. The second-order valence-electron chi connectivity index (χ2n) is 9.39. The topological polar surface area (TPSA) is 89.1 Å². The molecular weight excluding hydrogens is 465 g/mol. The molecular formula is C27H34FN3O5. The van der Waals surface area contributed by atoms with Crippen molar-refractivity contribution in [2.75, 3.05) is 45.8 Å². The number of ether oxygens (including phenoxy) is 3. The van der Waals surface area contributed by atoms with E-state index in [9.17, 15) is 14.0 Å². The van der Waals surface area contributed by atoms with Crippen molar-refractivity contribution in [3.05, 3.63) is 53.8 Å². The van der Waals surface area contributed by atoms with Gasteiger partial charge in [-0.25, -0.2) is 4.39 Å². The Morgan fingerprint density at radius 3 is 2.42 bits per heavy atom. The Hall–Kier alpha value is -3.17. The fourth-order valence-corrected chi connectivity index (χ4v) is 4.88. The van der Waals surface area contributed by atoms with Crippen LogP contribution in [0.2, 0.25) is 0 Å². The van der Waals surface area contributed by atoms with Crippen LogP contribution in [0.4, 0.5) is 10.1 Å². The van der Waals surface area contributed by atoms with Gasteiger partial charge in [0.2, 0.25) is 11.8 Å². The molecule has 2 fully saturated rings. The van der Waals surface area contributed by atoms with Crippen molar-refractivity contribution >= 4 is 17.5 Å². The largest absolute Gasteiger partial charge is 0.493 e. The second-order valence-corrected chi connectivity index (χ2v) is 9.39. The van der Waals surface area contributed by atoms with E-state index in [1.165, 1.54) is 24.3 Å². The highest BCUT2D eigenvalue weighted by molar-refractivity contribution is 5.93. The van der Waals surface area contributed by atoms with E-state index in [4.69, 9.17) is 14.2 Å². The Morgan fingerprint density at radius 1 is 1.03 bits per heavy atom. The van der Waals surface area contributed by atoms with E-state index in [0.717, 1.165) is 25.0 Å². The minimum atomic E-state index is -0.401. The Kier molecular flexibility index (Phi) is 8.77. The molecule has 9 heteroatoms. The number of amides is 2. The van der Waals surface area contributed by atoms with Crippen molar-refractivity contribution in [1.82, 2.24) is 10.2 Å². The number of likely N-dealkylation sites (tertiary alicyclic amines) is 1. The molecule has 3 atom stereocenters. The van der Waals surface area contributed by atoms with Gasteiger partial charge in [-0.15, -0.1) is 0 Å². The highest BCUT2D eigenvalue weighted by Crippen LogP contribution is 2.30. The van der Waals surface area contributed by atoms with Crippen molar-refractivity contribution in [1.29, 1.82) is 0 Å². The van der Waals surface area contributed by atoms with E-state index < -0.39 is 5.92 Å². The van der Waals surface area contributed by atoms with Crippen molar-refractivity contribution < 1.29 is 28.2 Å². The third-order valence-corrected chi connectivity index (χ3v) is 6.76.